The predicted octanol–water partition coefficient (Wildman–Crippen LogP) is 4.12. The average Bonchev–Trinajstić information content (AvgIpc) is 3.64. The van der Waals surface area contributed by atoms with Crippen molar-refractivity contribution in [3.05, 3.63) is 54.4 Å². The Morgan fingerprint density at radius 2 is 1.81 bits per heavy atom. The SMILES string of the molecule is COC1CC(C(=O)N(c2ccc(S(F)(F)(F)(F)F)cc2)C(C(=O)NCC(=O)N2CCCC2)c2cccnc2)N(C#N)C1. The fraction of sp³-hybridized carbons (Fsp3) is 0.423. The van der Waals surface area contributed by atoms with Gasteiger partial charge in [0.2, 0.25) is 11.8 Å². The first-order valence-electron chi connectivity index (χ1n) is 12.9. The maximum atomic E-state index is 14.1. The van der Waals surface area contributed by atoms with Crippen LogP contribution in [0.2, 0.25) is 0 Å². The van der Waals surface area contributed by atoms with Gasteiger partial charge in [-0.2, -0.15) is 5.26 Å². The maximum absolute atomic E-state index is 14.1. The first kappa shape index (κ1) is 31.0. The molecular weight excluding hydrogens is 587 g/mol. The molecule has 2 fully saturated rings. The van der Waals surface area contributed by atoms with E-state index in [1.54, 1.807) is 4.90 Å². The van der Waals surface area contributed by atoms with E-state index in [0.29, 0.717) is 25.2 Å². The van der Waals surface area contributed by atoms with Crippen LogP contribution in [-0.4, -0.2) is 77.9 Å². The Kier molecular flexibility index (Phi) is 8.13. The summed E-state index contributed by atoms with van der Waals surface area (Å²) in [6.07, 6.45) is 5.63. The molecule has 3 heterocycles. The van der Waals surface area contributed by atoms with Crippen molar-refractivity contribution in [2.75, 3.05) is 38.2 Å². The molecule has 2 saturated heterocycles. The van der Waals surface area contributed by atoms with Gasteiger partial charge >= 0.3 is 10.2 Å². The monoisotopic (exact) mass is 616 g/mol. The van der Waals surface area contributed by atoms with Crippen LogP contribution in [0.4, 0.5) is 25.1 Å². The molecule has 16 heteroatoms. The van der Waals surface area contributed by atoms with Gasteiger partial charge in [-0.1, -0.05) is 25.5 Å². The number of rotatable bonds is 9. The number of aromatic nitrogens is 1. The van der Waals surface area contributed by atoms with E-state index in [1.165, 1.54) is 31.6 Å². The number of carbonyl (C=O) groups excluding carboxylic acids is 3. The molecule has 228 valence electrons. The van der Waals surface area contributed by atoms with Gasteiger partial charge in [-0.15, -0.1) is 0 Å². The summed E-state index contributed by atoms with van der Waals surface area (Å²) >= 11 is 0. The summed E-state index contributed by atoms with van der Waals surface area (Å²) in [6, 6.07) is 1.73. The van der Waals surface area contributed by atoms with Crippen LogP contribution in [0.15, 0.2) is 53.7 Å². The third kappa shape index (κ3) is 6.90. The molecule has 3 atom stereocenters. The Morgan fingerprint density at radius 3 is 2.36 bits per heavy atom. The average molecular weight is 617 g/mol. The quantitative estimate of drug-likeness (QED) is 0.333. The number of benzene rings is 1. The molecule has 0 spiro atoms. The summed E-state index contributed by atoms with van der Waals surface area (Å²) in [5.41, 5.74) is -0.196. The molecule has 1 aromatic carbocycles. The highest BCUT2D eigenvalue weighted by Crippen LogP contribution is 3.02. The zero-order valence-corrected chi connectivity index (χ0v) is 23.3. The summed E-state index contributed by atoms with van der Waals surface area (Å²) in [4.78, 5) is 45.7. The zero-order chi connectivity index (χ0) is 30.8. The van der Waals surface area contributed by atoms with Crippen LogP contribution in [0.3, 0.4) is 0 Å². The maximum Gasteiger partial charge on any atom is 0.310 e. The number of likely N-dealkylation sites (tertiary alicyclic amines) is 2. The summed E-state index contributed by atoms with van der Waals surface area (Å²) in [7, 11) is -8.67. The van der Waals surface area contributed by atoms with E-state index < -0.39 is 51.7 Å². The minimum Gasteiger partial charge on any atom is -0.379 e. The topological polar surface area (TPSA) is 119 Å². The number of hydrogen-bond acceptors (Lipinski definition) is 7. The first-order valence-corrected chi connectivity index (χ1v) is 14.9. The zero-order valence-electron chi connectivity index (χ0n) is 22.5. The lowest BCUT2D eigenvalue weighted by Crippen LogP contribution is -2.51. The molecule has 3 unspecified atom stereocenters. The molecule has 10 nitrogen and oxygen atoms in total. The lowest BCUT2D eigenvalue weighted by molar-refractivity contribution is -0.133. The van der Waals surface area contributed by atoms with E-state index in [4.69, 9.17) is 4.74 Å². The largest absolute Gasteiger partial charge is 0.379 e. The number of halogens is 5. The summed E-state index contributed by atoms with van der Waals surface area (Å²) in [5.74, 6) is -2.10. The molecular formula is C26H29F5N6O4S. The van der Waals surface area contributed by atoms with Crippen molar-refractivity contribution in [3.8, 4) is 6.19 Å². The van der Waals surface area contributed by atoms with E-state index in [-0.39, 0.29) is 42.3 Å². The predicted molar refractivity (Wildman–Crippen MR) is 143 cm³/mol. The molecule has 0 bridgehead atoms. The van der Waals surface area contributed by atoms with Gasteiger partial charge in [0.15, 0.2) is 6.19 Å². The molecule has 2 aliphatic heterocycles. The lowest BCUT2D eigenvalue weighted by atomic mass is 10.0. The second-order valence-corrected chi connectivity index (χ2v) is 12.4. The van der Waals surface area contributed by atoms with Crippen molar-refractivity contribution in [2.24, 2.45) is 0 Å². The Hall–Kier alpha value is -3.97. The fourth-order valence-electron chi connectivity index (χ4n) is 5.03. The number of nitriles is 1. The second kappa shape index (κ2) is 11.0. The van der Waals surface area contributed by atoms with E-state index in [0.717, 1.165) is 22.6 Å². The normalized spacial score (nSPS) is 21.2. The molecule has 1 N–H and O–H groups in total. The lowest BCUT2D eigenvalue weighted by Gasteiger charge is -2.41. The van der Waals surface area contributed by atoms with Gasteiger partial charge in [0.05, 0.1) is 19.2 Å². The Labute approximate surface area is 238 Å². The third-order valence-corrected chi connectivity index (χ3v) is 8.35. The van der Waals surface area contributed by atoms with Crippen LogP contribution in [0, 0.1) is 11.5 Å². The minimum atomic E-state index is -10.1. The smallest absolute Gasteiger partial charge is 0.310 e. The van der Waals surface area contributed by atoms with Crippen molar-refractivity contribution in [1.29, 1.82) is 5.26 Å². The highest BCUT2D eigenvalue weighted by molar-refractivity contribution is 8.45. The molecule has 0 radical (unpaired) electrons. The number of nitrogens with one attached hydrogen (secondary N) is 1. The molecule has 1 aromatic heterocycles. The number of nitrogens with zero attached hydrogens (tertiary/aromatic N) is 5. The molecule has 4 rings (SSSR count). The van der Waals surface area contributed by atoms with Gasteiger partial charge in [0.25, 0.3) is 5.91 Å². The Bertz CT molecular complexity index is 1370. The van der Waals surface area contributed by atoms with Gasteiger partial charge in [-0.05, 0) is 43.2 Å². The van der Waals surface area contributed by atoms with Crippen molar-refractivity contribution in [2.45, 2.75) is 42.3 Å². The van der Waals surface area contributed by atoms with Gasteiger partial charge in [0.1, 0.15) is 17.0 Å². The third-order valence-electron chi connectivity index (χ3n) is 7.19. The van der Waals surface area contributed by atoms with Crippen molar-refractivity contribution < 1.29 is 38.5 Å². The van der Waals surface area contributed by atoms with Crippen molar-refractivity contribution in [3.63, 3.8) is 0 Å². The molecule has 3 amide bonds. The van der Waals surface area contributed by atoms with E-state index in [2.05, 4.69) is 10.3 Å². The van der Waals surface area contributed by atoms with Gasteiger partial charge in [-0.3, -0.25) is 29.2 Å². The highest BCUT2D eigenvalue weighted by atomic mass is 32.5. The van der Waals surface area contributed by atoms with E-state index in [9.17, 15) is 39.1 Å². The van der Waals surface area contributed by atoms with Crippen LogP contribution < -0.4 is 10.2 Å². The Balaban J connectivity index is 1.77. The van der Waals surface area contributed by atoms with Gasteiger partial charge in [-0.25, -0.2) is 0 Å². The fourth-order valence-corrected chi connectivity index (χ4v) is 5.68. The van der Waals surface area contributed by atoms with Crippen LogP contribution in [0.5, 0.6) is 0 Å². The number of amides is 3. The van der Waals surface area contributed by atoms with Crippen LogP contribution in [0.25, 0.3) is 0 Å². The Morgan fingerprint density at radius 1 is 1.14 bits per heavy atom. The van der Waals surface area contributed by atoms with Gasteiger partial charge < -0.3 is 15.0 Å². The summed E-state index contributed by atoms with van der Waals surface area (Å²) < 4.78 is 72.7. The number of pyridine rings is 1. The van der Waals surface area contributed by atoms with Crippen LogP contribution >= 0.6 is 10.2 Å². The van der Waals surface area contributed by atoms with Gasteiger partial charge in [0, 0.05) is 50.3 Å². The van der Waals surface area contributed by atoms with Crippen LogP contribution in [0.1, 0.15) is 30.9 Å². The number of carbonyl (C=O) groups is 3. The summed E-state index contributed by atoms with van der Waals surface area (Å²) in [5, 5.41) is 12.2. The summed E-state index contributed by atoms with van der Waals surface area (Å²) in [6.45, 7) is 0.668. The van der Waals surface area contributed by atoms with E-state index in [1.807, 2.05) is 6.19 Å². The standard InChI is InChI=1S/C26H29F5N6O4S/c1-41-20-13-22(36(16-20)17-32)26(40)37(19-6-8-21(9-7-19)42(27,28,29,30)31)24(18-5-4-10-33-14-18)25(39)34-15-23(38)35-11-2-3-12-35/h4-10,14,20,22,24H,2-3,11-13,15-16H2,1H3,(H,34,39). The first-order chi connectivity index (χ1) is 19.6. The van der Waals surface area contributed by atoms with Crippen molar-refractivity contribution in [1.82, 2.24) is 20.1 Å². The highest BCUT2D eigenvalue weighted by Gasteiger charge is 2.65. The molecule has 2 aromatic rings. The van der Waals surface area contributed by atoms with Crippen LogP contribution in [-0.2, 0) is 19.1 Å². The van der Waals surface area contributed by atoms with E-state index >= 15 is 0 Å². The number of hydrogen-bond donors (Lipinski definition) is 1. The molecule has 2 aliphatic rings. The number of ether oxygens (including phenoxy) is 1. The minimum absolute atomic E-state index is 0.0117. The van der Waals surface area contributed by atoms with Crippen molar-refractivity contribution >= 4 is 33.6 Å². The molecule has 0 saturated carbocycles. The second-order valence-electron chi connectivity index (χ2n) is 10.0. The number of anilines is 1. The number of methoxy groups -OCH3 is 1. The molecule has 0 aliphatic carbocycles. The molecule has 42 heavy (non-hydrogen) atoms.